The first-order chi connectivity index (χ1) is 16.2. The summed E-state index contributed by atoms with van der Waals surface area (Å²) in [6.45, 7) is 0.501. The van der Waals surface area contributed by atoms with E-state index in [0.717, 1.165) is 33.9 Å². The first-order valence-corrected chi connectivity index (χ1v) is 10.7. The zero-order valence-electron chi connectivity index (χ0n) is 18.2. The number of fused-ring (bicyclic) bond motifs is 1. The Bertz CT molecular complexity index is 1400. The average molecular weight is 438 g/mol. The van der Waals surface area contributed by atoms with E-state index in [2.05, 4.69) is 38.1 Å². The number of methoxy groups -OCH3 is 1. The minimum Gasteiger partial charge on any atom is -0.497 e. The Morgan fingerprint density at radius 3 is 2.76 bits per heavy atom. The molecule has 0 unspecified atom stereocenters. The molecule has 164 valence electrons. The van der Waals surface area contributed by atoms with E-state index in [1.165, 1.54) is 0 Å². The molecule has 1 aromatic carbocycles. The summed E-state index contributed by atoms with van der Waals surface area (Å²) >= 11 is 0. The van der Waals surface area contributed by atoms with Crippen LogP contribution in [0, 0.1) is 0 Å². The van der Waals surface area contributed by atoms with Crippen molar-refractivity contribution in [2.24, 2.45) is 0 Å². The van der Waals surface area contributed by atoms with E-state index in [1.807, 2.05) is 54.6 Å². The molecule has 0 atom stereocenters. The molecule has 4 heterocycles. The van der Waals surface area contributed by atoms with Gasteiger partial charge in [-0.15, -0.1) is 0 Å². The lowest BCUT2D eigenvalue weighted by Gasteiger charge is -2.08. The molecule has 5 aromatic rings. The van der Waals surface area contributed by atoms with Gasteiger partial charge in [-0.25, -0.2) is 4.68 Å². The third-order valence-corrected chi connectivity index (χ3v) is 5.48. The number of carbonyl (C=O) groups excluding carboxylic acids is 1. The quantitative estimate of drug-likeness (QED) is 0.415. The van der Waals surface area contributed by atoms with Crippen LogP contribution in [0.2, 0.25) is 0 Å². The molecule has 0 radical (unpaired) electrons. The molecule has 0 bridgehead atoms. The highest BCUT2D eigenvalue weighted by Gasteiger charge is 2.12. The van der Waals surface area contributed by atoms with Crippen LogP contribution in [0.15, 0.2) is 91.4 Å². The first-order valence-electron chi connectivity index (χ1n) is 10.7. The third-order valence-electron chi connectivity index (χ3n) is 5.48. The van der Waals surface area contributed by atoms with Crippen molar-refractivity contribution in [2.75, 3.05) is 13.7 Å². The fourth-order valence-corrected chi connectivity index (χ4v) is 3.76. The van der Waals surface area contributed by atoms with E-state index in [-0.39, 0.29) is 5.91 Å². The molecule has 0 spiro atoms. The lowest BCUT2D eigenvalue weighted by atomic mass is 10.1. The van der Waals surface area contributed by atoms with Crippen LogP contribution >= 0.6 is 0 Å². The summed E-state index contributed by atoms with van der Waals surface area (Å²) in [6.07, 6.45) is 6.28. The maximum absolute atomic E-state index is 12.6. The molecule has 4 aromatic heterocycles. The van der Waals surface area contributed by atoms with Crippen LogP contribution in [0.25, 0.3) is 22.5 Å². The number of amides is 1. The van der Waals surface area contributed by atoms with Crippen LogP contribution in [-0.2, 0) is 6.42 Å². The summed E-state index contributed by atoms with van der Waals surface area (Å²) in [5.74, 6) is 1.45. The number of aromatic nitrogens is 4. The molecule has 33 heavy (non-hydrogen) atoms. The number of pyridine rings is 2. The van der Waals surface area contributed by atoms with E-state index < -0.39 is 0 Å². The molecule has 0 saturated heterocycles. The Morgan fingerprint density at radius 1 is 1.00 bits per heavy atom. The van der Waals surface area contributed by atoms with Gasteiger partial charge >= 0.3 is 0 Å². The van der Waals surface area contributed by atoms with Crippen molar-refractivity contribution < 1.29 is 9.53 Å². The van der Waals surface area contributed by atoms with Crippen LogP contribution in [0.3, 0.4) is 0 Å². The molecule has 0 aliphatic heterocycles. The number of carbonyl (C=O) groups is 1. The normalized spacial score (nSPS) is 10.9. The van der Waals surface area contributed by atoms with E-state index in [4.69, 9.17) is 4.74 Å². The standard InChI is InChI=1S/C26H23N5O2/c1-33-23-7-4-5-19(17-23)20-8-9-22-10-11-25(30(22)18-20)31-16-13-24(29-31)26(32)28-15-12-21-6-2-3-14-27-21/h2-11,13-14,16-18H,12,15H2,1H3,(H,28,32). The number of nitrogens with zero attached hydrogens (tertiary/aromatic N) is 4. The maximum atomic E-state index is 12.6. The van der Waals surface area contributed by atoms with Gasteiger partial charge in [-0.05, 0) is 59.7 Å². The average Bonchev–Trinajstić information content (AvgIpc) is 3.51. The second kappa shape index (κ2) is 9.00. The second-order valence-electron chi connectivity index (χ2n) is 7.61. The lowest BCUT2D eigenvalue weighted by molar-refractivity contribution is 0.0948. The summed E-state index contributed by atoms with van der Waals surface area (Å²) in [7, 11) is 1.66. The van der Waals surface area contributed by atoms with Gasteiger partial charge in [-0.2, -0.15) is 5.10 Å². The highest BCUT2D eigenvalue weighted by Crippen LogP contribution is 2.26. The lowest BCUT2D eigenvalue weighted by Crippen LogP contribution is -2.26. The van der Waals surface area contributed by atoms with Crippen molar-refractivity contribution in [3.05, 3.63) is 103 Å². The van der Waals surface area contributed by atoms with Crippen molar-refractivity contribution in [1.29, 1.82) is 0 Å². The van der Waals surface area contributed by atoms with E-state index in [1.54, 1.807) is 30.3 Å². The van der Waals surface area contributed by atoms with Crippen LogP contribution in [0.1, 0.15) is 16.2 Å². The number of hydrogen-bond donors (Lipinski definition) is 1. The fourth-order valence-electron chi connectivity index (χ4n) is 3.76. The smallest absolute Gasteiger partial charge is 0.271 e. The van der Waals surface area contributed by atoms with Crippen LogP contribution in [0.5, 0.6) is 5.75 Å². The van der Waals surface area contributed by atoms with Gasteiger partial charge in [0.25, 0.3) is 5.91 Å². The van der Waals surface area contributed by atoms with Crippen LogP contribution < -0.4 is 10.1 Å². The molecular weight excluding hydrogens is 414 g/mol. The maximum Gasteiger partial charge on any atom is 0.271 e. The molecule has 0 saturated carbocycles. The highest BCUT2D eigenvalue weighted by molar-refractivity contribution is 5.92. The Kier molecular flexibility index (Phi) is 5.59. The van der Waals surface area contributed by atoms with Gasteiger partial charge < -0.3 is 14.5 Å². The summed E-state index contributed by atoms with van der Waals surface area (Å²) in [4.78, 5) is 16.8. The van der Waals surface area contributed by atoms with Gasteiger partial charge in [-0.3, -0.25) is 9.78 Å². The van der Waals surface area contributed by atoms with Crippen molar-refractivity contribution in [3.63, 3.8) is 0 Å². The summed E-state index contributed by atoms with van der Waals surface area (Å²) < 4.78 is 9.14. The fraction of sp³-hybridized carbons (Fsp3) is 0.115. The van der Waals surface area contributed by atoms with Gasteiger partial charge in [0, 0.05) is 42.8 Å². The Labute approximate surface area is 191 Å². The number of benzene rings is 1. The highest BCUT2D eigenvalue weighted by atomic mass is 16.5. The van der Waals surface area contributed by atoms with E-state index in [9.17, 15) is 4.79 Å². The van der Waals surface area contributed by atoms with Crippen molar-refractivity contribution >= 4 is 11.4 Å². The van der Waals surface area contributed by atoms with Crippen molar-refractivity contribution in [3.8, 4) is 22.7 Å². The molecule has 1 amide bonds. The first kappa shape index (κ1) is 20.5. The zero-order chi connectivity index (χ0) is 22.6. The molecule has 7 heteroatoms. The largest absolute Gasteiger partial charge is 0.497 e. The number of ether oxygens (including phenoxy) is 1. The van der Waals surface area contributed by atoms with Crippen LogP contribution in [-0.4, -0.2) is 38.7 Å². The van der Waals surface area contributed by atoms with E-state index in [0.29, 0.717) is 18.7 Å². The monoisotopic (exact) mass is 437 g/mol. The van der Waals surface area contributed by atoms with Crippen molar-refractivity contribution in [2.45, 2.75) is 6.42 Å². The topological polar surface area (TPSA) is 73.4 Å². The minimum atomic E-state index is -0.206. The summed E-state index contributed by atoms with van der Waals surface area (Å²) in [5, 5.41) is 7.42. The summed E-state index contributed by atoms with van der Waals surface area (Å²) in [6, 6.07) is 23.6. The third kappa shape index (κ3) is 4.34. The molecule has 7 nitrogen and oxygen atoms in total. The Hall–Kier alpha value is -4.39. The Morgan fingerprint density at radius 2 is 1.91 bits per heavy atom. The molecule has 1 N–H and O–H groups in total. The van der Waals surface area contributed by atoms with Gasteiger partial charge in [0.05, 0.1) is 7.11 Å². The molecule has 0 aliphatic carbocycles. The van der Waals surface area contributed by atoms with Crippen LogP contribution in [0.4, 0.5) is 0 Å². The minimum absolute atomic E-state index is 0.206. The molecule has 0 fully saturated rings. The predicted octanol–water partition coefficient (Wildman–Crippen LogP) is 4.17. The number of nitrogens with one attached hydrogen (secondary N) is 1. The summed E-state index contributed by atoms with van der Waals surface area (Å²) in [5.41, 5.74) is 4.46. The molecule has 5 rings (SSSR count). The van der Waals surface area contributed by atoms with Gasteiger partial charge in [0.1, 0.15) is 11.6 Å². The second-order valence-corrected chi connectivity index (χ2v) is 7.61. The van der Waals surface area contributed by atoms with E-state index >= 15 is 0 Å². The Balaban J connectivity index is 1.35. The van der Waals surface area contributed by atoms with Gasteiger partial charge in [0.2, 0.25) is 0 Å². The van der Waals surface area contributed by atoms with Gasteiger partial charge in [0.15, 0.2) is 5.69 Å². The van der Waals surface area contributed by atoms with Crippen molar-refractivity contribution in [1.82, 2.24) is 24.5 Å². The van der Waals surface area contributed by atoms with Gasteiger partial charge in [-0.1, -0.05) is 24.3 Å². The molecular formula is C26H23N5O2. The zero-order valence-corrected chi connectivity index (χ0v) is 18.2. The number of hydrogen-bond acceptors (Lipinski definition) is 4. The SMILES string of the molecule is COc1cccc(-c2ccc3ccc(-n4ccc(C(=O)NCCc5ccccn5)n4)n3c2)c1. The molecule has 0 aliphatic rings. The predicted molar refractivity (Wildman–Crippen MR) is 127 cm³/mol. The number of rotatable bonds is 7.